The van der Waals surface area contributed by atoms with E-state index in [1.165, 1.54) is 11.3 Å². The Kier molecular flexibility index (Phi) is 6.54. The van der Waals surface area contributed by atoms with Gasteiger partial charge in [-0.15, -0.1) is 22.7 Å². The molecule has 1 amide bonds. The number of carbonyl (C=O) groups excluding carboxylic acids is 1. The van der Waals surface area contributed by atoms with E-state index < -0.39 is 10.8 Å². The number of amides is 1. The Morgan fingerprint density at radius 1 is 1.28 bits per heavy atom. The van der Waals surface area contributed by atoms with Crippen LogP contribution in [0.15, 0.2) is 41.8 Å². The highest BCUT2D eigenvalue weighted by Gasteiger charge is 2.21. The lowest BCUT2D eigenvalue weighted by Crippen LogP contribution is -2.25. The third-order valence-corrected chi connectivity index (χ3v) is 8.80. The minimum Gasteiger partial charge on any atom is -0.381 e. The number of nitrogens with zero attached hydrogens (tertiary/aromatic N) is 1. The molecule has 4 rings (SSSR count). The topological polar surface area (TPSA) is 68.3 Å². The van der Waals surface area contributed by atoms with Crippen LogP contribution in [0.4, 0.5) is 5.69 Å². The standard InChI is InChI=1S/C21H22N2O3S3/c1-14-19(28-21(22-14)18-6-3-11-27-18)20(24)23-16-5-2-4-15(12-16)13-29(25)17-7-9-26-10-8-17/h2-6,11-12,17H,7-10,13H2,1H3,(H,23,24). The summed E-state index contributed by atoms with van der Waals surface area (Å²) in [4.78, 5) is 19.0. The van der Waals surface area contributed by atoms with Gasteiger partial charge in [0.25, 0.3) is 5.91 Å². The minimum absolute atomic E-state index is 0.162. The summed E-state index contributed by atoms with van der Waals surface area (Å²) < 4.78 is 18.0. The quantitative estimate of drug-likeness (QED) is 0.587. The number of thiophene rings is 1. The average molecular weight is 447 g/mol. The van der Waals surface area contributed by atoms with Crippen molar-refractivity contribution in [2.24, 2.45) is 0 Å². The number of thiazole rings is 1. The molecule has 152 valence electrons. The van der Waals surface area contributed by atoms with Crippen molar-refractivity contribution in [1.82, 2.24) is 4.98 Å². The van der Waals surface area contributed by atoms with Gasteiger partial charge in [0.2, 0.25) is 0 Å². The molecule has 1 unspecified atom stereocenters. The molecule has 8 heteroatoms. The Balaban J connectivity index is 1.44. The molecule has 0 spiro atoms. The van der Waals surface area contributed by atoms with E-state index in [1.54, 1.807) is 11.3 Å². The molecule has 29 heavy (non-hydrogen) atoms. The number of hydrogen-bond acceptors (Lipinski definition) is 6. The van der Waals surface area contributed by atoms with Gasteiger partial charge in [0.05, 0.1) is 10.6 Å². The first-order valence-corrected chi connectivity index (χ1v) is 12.5. The molecule has 1 aliphatic heterocycles. The number of rotatable bonds is 6. The van der Waals surface area contributed by atoms with Crippen LogP contribution in [0.5, 0.6) is 0 Å². The first kappa shape index (κ1) is 20.4. The molecule has 0 radical (unpaired) electrons. The number of nitrogens with one attached hydrogen (secondary N) is 1. The first-order valence-electron chi connectivity index (χ1n) is 9.46. The van der Waals surface area contributed by atoms with Gasteiger partial charge in [0.1, 0.15) is 9.88 Å². The largest absolute Gasteiger partial charge is 0.381 e. The van der Waals surface area contributed by atoms with Crippen LogP contribution < -0.4 is 5.32 Å². The van der Waals surface area contributed by atoms with Crippen LogP contribution in [0.3, 0.4) is 0 Å². The van der Waals surface area contributed by atoms with E-state index >= 15 is 0 Å². The van der Waals surface area contributed by atoms with Gasteiger partial charge in [-0.2, -0.15) is 0 Å². The van der Waals surface area contributed by atoms with Gasteiger partial charge in [-0.05, 0) is 48.9 Å². The molecule has 3 heterocycles. The van der Waals surface area contributed by atoms with Crippen LogP contribution in [0.25, 0.3) is 9.88 Å². The summed E-state index contributed by atoms with van der Waals surface area (Å²) >= 11 is 3.02. The first-order chi connectivity index (χ1) is 14.1. The molecule has 1 atom stereocenters. The highest BCUT2D eigenvalue weighted by molar-refractivity contribution is 7.84. The maximum atomic E-state index is 12.8. The fourth-order valence-corrected chi connectivity index (χ4v) is 6.48. The molecule has 0 bridgehead atoms. The van der Waals surface area contributed by atoms with Crippen molar-refractivity contribution < 1.29 is 13.7 Å². The van der Waals surface area contributed by atoms with Gasteiger partial charge in [-0.25, -0.2) is 4.98 Å². The molecule has 1 N–H and O–H groups in total. The fraction of sp³-hybridized carbons (Fsp3) is 0.333. The van der Waals surface area contributed by atoms with Crippen LogP contribution in [0, 0.1) is 6.92 Å². The summed E-state index contributed by atoms with van der Waals surface area (Å²) in [5, 5.41) is 6.02. The smallest absolute Gasteiger partial charge is 0.267 e. The normalized spacial score (nSPS) is 15.9. The van der Waals surface area contributed by atoms with Crippen LogP contribution in [0.2, 0.25) is 0 Å². The number of benzene rings is 1. The monoisotopic (exact) mass is 446 g/mol. The fourth-order valence-electron chi connectivity index (χ4n) is 3.26. The molecule has 1 saturated heterocycles. The van der Waals surface area contributed by atoms with Crippen LogP contribution >= 0.6 is 22.7 Å². The Morgan fingerprint density at radius 2 is 2.10 bits per heavy atom. The summed E-state index contributed by atoms with van der Waals surface area (Å²) in [6, 6.07) is 11.6. The van der Waals surface area contributed by atoms with Crippen LogP contribution in [-0.2, 0) is 21.3 Å². The van der Waals surface area contributed by atoms with Gasteiger partial charge in [-0.3, -0.25) is 9.00 Å². The second-order valence-electron chi connectivity index (χ2n) is 6.90. The molecule has 2 aromatic heterocycles. The van der Waals surface area contributed by atoms with E-state index in [4.69, 9.17) is 4.74 Å². The number of ether oxygens (including phenoxy) is 1. The van der Waals surface area contributed by atoms with Crippen molar-refractivity contribution in [2.75, 3.05) is 18.5 Å². The zero-order valence-electron chi connectivity index (χ0n) is 16.1. The lowest BCUT2D eigenvalue weighted by atomic mass is 10.2. The lowest BCUT2D eigenvalue weighted by Gasteiger charge is -2.21. The summed E-state index contributed by atoms with van der Waals surface area (Å²) in [5.74, 6) is 0.335. The Labute approximate surface area is 180 Å². The van der Waals surface area contributed by atoms with E-state index in [1.807, 2.05) is 48.7 Å². The van der Waals surface area contributed by atoms with Gasteiger partial charge in [-0.1, -0.05) is 18.2 Å². The SMILES string of the molecule is Cc1nc(-c2cccs2)sc1C(=O)Nc1cccc(CS(=O)C2CCOCC2)c1. The highest BCUT2D eigenvalue weighted by atomic mass is 32.2. The Bertz CT molecular complexity index is 1010. The highest BCUT2D eigenvalue weighted by Crippen LogP contribution is 2.31. The van der Waals surface area contributed by atoms with Crippen molar-refractivity contribution in [3.05, 3.63) is 57.9 Å². The third-order valence-electron chi connectivity index (χ3n) is 4.77. The van der Waals surface area contributed by atoms with Gasteiger partial charge in [0, 0.05) is 40.7 Å². The van der Waals surface area contributed by atoms with Crippen molar-refractivity contribution in [1.29, 1.82) is 0 Å². The van der Waals surface area contributed by atoms with E-state index in [2.05, 4.69) is 10.3 Å². The maximum absolute atomic E-state index is 12.8. The lowest BCUT2D eigenvalue weighted by molar-refractivity contribution is 0.0991. The number of hydrogen-bond donors (Lipinski definition) is 1. The Morgan fingerprint density at radius 3 is 2.86 bits per heavy atom. The van der Waals surface area contributed by atoms with Crippen molar-refractivity contribution in [2.45, 2.75) is 30.8 Å². The van der Waals surface area contributed by atoms with Gasteiger partial charge in [0.15, 0.2) is 0 Å². The summed E-state index contributed by atoms with van der Waals surface area (Å²) in [7, 11) is -0.931. The second-order valence-corrected chi connectivity index (χ2v) is 10.6. The van der Waals surface area contributed by atoms with Gasteiger partial charge >= 0.3 is 0 Å². The molecule has 0 aliphatic carbocycles. The van der Waals surface area contributed by atoms with E-state index in [9.17, 15) is 9.00 Å². The van der Waals surface area contributed by atoms with Crippen LogP contribution in [-0.4, -0.2) is 33.6 Å². The predicted molar refractivity (Wildman–Crippen MR) is 120 cm³/mol. The van der Waals surface area contributed by atoms with E-state index in [-0.39, 0.29) is 11.2 Å². The minimum atomic E-state index is -0.931. The van der Waals surface area contributed by atoms with Crippen molar-refractivity contribution >= 4 is 45.1 Å². The number of aromatic nitrogens is 1. The summed E-state index contributed by atoms with van der Waals surface area (Å²) in [6.07, 6.45) is 1.69. The molecular formula is C21H22N2O3S3. The maximum Gasteiger partial charge on any atom is 0.267 e. The zero-order chi connectivity index (χ0) is 20.2. The van der Waals surface area contributed by atoms with E-state index in [0.717, 1.165) is 34.0 Å². The molecule has 5 nitrogen and oxygen atoms in total. The molecule has 1 fully saturated rings. The molecule has 0 saturated carbocycles. The zero-order valence-corrected chi connectivity index (χ0v) is 18.5. The van der Waals surface area contributed by atoms with Gasteiger partial charge < -0.3 is 10.1 Å². The third kappa shape index (κ3) is 5.01. The molecule has 1 aliphatic rings. The number of anilines is 1. The van der Waals surface area contributed by atoms with Crippen molar-refractivity contribution in [3.63, 3.8) is 0 Å². The number of aryl methyl sites for hydroxylation is 1. The average Bonchev–Trinajstić information content (AvgIpc) is 3.38. The summed E-state index contributed by atoms with van der Waals surface area (Å²) in [5.41, 5.74) is 2.41. The Hall–Kier alpha value is -1.87. The molecule has 1 aromatic carbocycles. The molecular weight excluding hydrogens is 424 g/mol. The number of carbonyl (C=O) groups is 1. The molecule has 3 aromatic rings. The van der Waals surface area contributed by atoms with E-state index in [0.29, 0.717) is 29.5 Å². The summed E-state index contributed by atoms with van der Waals surface area (Å²) in [6.45, 7) is 3.23. The van der Waals surface area contributed by atoms with Crippen molar-refractivity contribution in [3.8, 4) is 9.88 Å². The van der Waals surface area contributed by atoms with Crippen LogP contribution in [0.1, 0.15) is 33.8 Å². The second kappa shape index (κ2) is 9.30. The predicted octanol–water partition coefficient (Wildman–Crippen LogP) is 4.86.